The molecule has 5 aromatic carbocycles. The van der Waals surface area contributed by atoms with Gasteiger partial charge in [-0.25, -0.2) is 33.8 Å². The number of carboxylic acids is 1. The summed E-state index contributed by atoms with van der Waals surface area (Å²) in [5.74, 6) is 4.59. The molecule has 25 heteroatoms. The van der Waals surface area contributed by atoms with Crippen molar-refractivity contribution in [2.24, 2.45) is 91.4 Å². The van der Waals surface area contributed by atoms with Gasteiger partial charge in [0.15, 0.2) is 23.3 Å². The number of nitrogens with two attached hydrogens (primary N) is 2. The monoisotopic (exact) mass is 1540 g/mol. The maximum absolute atomic E-state index is 13.3. The fraction of sp³-hybridized carbons (Fsp3) is 0.437. The van der Waals surface area contributed by atoms with Crippen LogP contribution in [0, 0.1) is 82.6 Å². The molecule has 6 aliphatic heterocycles. The van der Waals surface area contributed by atoms with Crippen molar-refractivity contribution in [3.63, 3.8) is 0 Å². The number of fused-ring (bicyclic) bond motifs is 4. The Morgan fingerprint density at radius 3 is 1.24 bits per heavy atom. The van der Waals surface area contributed by atoms with Crippen LogP contribution in [0.15, 0.2) is 191 Å². The number of hydrazone groups is 4. The number of halogens is 3. The quantitative estimate of drug-likeness (QED) is 0.0457. The second-order valence-corrected chi connectivity index (χ2v) is 31.6. The number of carboxylic acid groups (broad SMARTS) is 1. The SMILES string of the molecule is C1=NNC(c2ccccc2)C1.Nc1nc(Cl)ncc1F.Nc1nc(N2CC3CC(C(=O)N4N=CCC4c4ccccc4)CC3C2)ncc1F.O=C(C1CC2CCCC2C1)N1N=CCC1c1ccccc1.O=C(C1CC2CNCC2C1)N1N=CCC1c1ccccc1.O=C(O)C1CC2CCCC2C1.O=C/C=C/c1ccccc1. The number of nitrogen functional groups attached to an aromatic ring is 2. The molecule has 2 aromatic heterocycles. The van der Waals surface area contributed by atoms with E-state index in [4.69, 9.17) is 28.2 Å². The van der Waals surface area contributed by atoms with E-state index in [1.807, 2.05) is 121 Å². The van der Waals surface area contributed by atoms with Crippen molar-refractivity contribution >= 4 is 90.1 Å². The van der Waals surface area contributed by atoms with Crippen molar-refractivity contribution in [1.29, 1.82) is 0 Å². The summed E-state index contributed by atoms with van der Waals surface area (Å²) in [4.78, 5) is 76.3. The van der Waals surface area contributed by atoms with Crippen LogP contribution in [-0.2, 0) is 24.0 Å². The molecule has 0 radical (unpaired) electrons. The Kier molecular flexibility index (Phi) is 27.5. The van der Waals surface area contributed by atoms with Crippen molar-refractivity contribution in [2.75, 3.05) is 42.5 Å². The van der Waals surface area contributed by atoms with Gasteiger partial charge in [0.1, 0.15) is 6.29 Å². The van der Waals surface area contributed by atoms with Crippen molar-refractivity contribution in [3.05, 3.63) is 215 Å². The first kappa shape index (κ1) is 79.6. The number of benzene rings is 5. The summed E-state index contributed by atoms with van der Waals surface area (Å²) in [5, 5.41) is 34.5. The summed E-state index contributed by atoms with van der Waals surface area (Å²) in [5.41, 5.74) is 19.5. The lowest BCUT2D eigenvalue weighted by atomic mass is 9.99. The Hall–Kier alpha value is -10.5. The lowest BCUT2D eigenvalue weighted by Crippen LogP contribution is -2.33. The molecular formula is C87H101ClF2N16O6. The molecule has 112 heavy (non-hydrogen) atoms. The van der Waals surface area contributed by atoms with Gasteiger partial charge in [-0.1, -0.05) is 196 Å². The zero-order valence-electron chi connectivity index (χ0n) is 63.1. The number of carbonyl (C=O) groups excluding carboxylic acids is 4. The van der Waals surface area contributed by atoms with E-state index in [9.17, 15) is 32.8 Å². The molecule has 3 amide bonds. The van der Waals surface area contributed by atoms with Crippen LogP contribution >= 0.6 is 11.6 Å². The zero-order chi connectivity index (χ0) is 77.9. The molecule has 0 bridgehead atoms. The first-order valence-corrected chi connectivity index (χ1v) is 40.1. The van der Waals surface area contributed by atoms with Gasteiger partial charge >= 0.3 is 5.97 Å². The predicted molar refractivity (Wildman–Crippen MR) is 431 cm³/mol. The van der Waals surface area contributed by atoms with Crippen LogP contribution in [0.4, 0.5) is 26.4 Å². The number of hydrogen-bond donors (Lipinski definition) is 5. The summed E-state index contributed by atoms with van der Waals surface area (Å²) in [6, 6.07) is 51.3. The topological polar surface area (TPSA) is 296 Å². The summed E-state index contributed by atoms with van der Waals surface area (Å²) >= 11 is 5.25. The van der Waals surface area contributed by atoms with E-state index in [2.05, 4.69) is 112 Å². The van der Waals surface area contributed by atoms with Gasteiger partial charge in [-0.2, -0.15) is 30.4 Å². The highest BCUT2D eigenvalue weighted by atomic mass is 35.5. The summed E-state index contributed by atoms with van der Waals surface area (Å²) in [6.45, 7) is 3.70. The molecule has 12 atom stereocenters. The normalized spacial score (nSPS) is 28.1. The highest BCUT2D eigenvalue weighted by Gasteiger charge is 2.48. The van der Waals surface area contributed by atoms with Crippen LogP contribution in [0.2, 0.25) is 5.28 Å². The number of hydrogen-bond acceptors (Lipinski definition) is 18. The smallest absolute Gasteiger partial charge is 0.306 e. The van der Waals surface area contributed by atoms with Crippen LogP contribution in [0.25, 0.3) is 6.08 Å². The fourth-order valence-corrected chi connectivity index (χ4v) is 18.8. The predicted octanol–water partition coefficient (Wildman–Crippen LogP) is 14.9. The van der Waals surface area contributed by atoms with Crippen molar-refractivity contribution < 1.29 is 37.9 Å². The average molecular weight is 1540 g/mol. The Labute approximate surface area is 658 Å². The summed E-state index contributed by atoms with van der Waals surface area (Å²) < 4.78 is 25.5. The molecule has 7 aromatic rings. The Bertz CT molecular complexity index is 4280. The Morgan fingerprint density at radius 2 is 0.857 bits per heavy atom. The number of allylic oxidation sites excluding steroid dienone is 1. The molecule has 6 saturated carbocycles. The third-order valence-corrected chi connectivity index (χ3v) is 24.5. The minimum atomic E-state index is -0.653. The van der Waals surface area contributed by atoms with Crippen LogP contribution in [0.3, 0.4) is 0 Å². The number of amides is 3. The van der Waals surface area contributed by atoms with E-state index < -0.39 is 17.6 Å². The van der Waals surface area contributed by atoms with Gasteiger partial charge < -0.3 is 32.2 Å². The largest absolute Gasteiger partial charge is 0.481 e. The average Bonchev–Trinajstić information content (AvgIpc) is 1.64. The molecule has 22 nitrogen and oxygen atoms in total. The van der Waals surface area contributed by atoms with Gasteiger partial charge in [-0.15, -0.1) is 0 Å². The number of rotatable bonds is 11. The number of anilines is 3. The molecule has 8 heterocycles. The van der Waals surface area contributed by atoms with E-state index >= 15 is 0 Å². The lowest BCUT2D eigenvalue weighted by Gasteiger charge is -2.26. The maximum Gasteiger partial charge on any atom is 0.306 e. The van der Waals surface area contributed by atoms with Crippen molar-refractivity contribution in [1.82, 2.24) is 45.7 Å². The summed E-state index contributed by atoms with van der Waals surface area (Å²) in [6.07, 6.45) is 32.8. The highest BCUT2D eigenvalue weighted by molar-refractivity contribution is 6.28. The van der Waals surface area contributed by atoms with Crippen molar-refractivity contribution in [2.45, 2.75) is 140 Å². The minimum Gasteiger partial charge on any atom is -0.481 e. The number of aliphatic carboxylic acids is 1. The number of aldehydes is 1. The molecule has 6 aliphatic carbocycles. The van der Waals surface area contributed by atoms with Gasteiger partial charge in [-0.05, 0) is 157 Å². The maximum atomic E-state index is 13.3. The Morgan fingerprint density at radius 1 is 0.473 bits per heavy atom. The Balaban J connectivity index is 0.000000119. The van der Waals surface area contributed by atoms with Gasteiger partial charge in [0.2, 0.25) is 29.0 Å². The van der Waals surface area contributed by atoms with E-state index in [1.54, 1.807) is 21.1 Å². The first-order valence-electron chi connectivity index (χ1n) is 39.7. The molecule has 586 valence electrons. The van der Waals surface area contributed by atoms with Crippen molar-refractivity contribution in [3.8, 4) is 0 Å². The third-order valence-electron chi connectivity index (χ3n) is 24.3. The highest BCUT2D eigenvalue weighted by Crippen LogP contribution is 2.50. The molecule has 0 spiro atoms. The van der Waals surface area contributed by atoms with Crippen LogP contribution in [0.5, 0.6) is 0 Å². The lowest BCUT2D eigenvalue weighted by molar-refractivity contribution is -0.142. The van der Waals surface area contributed by atoms with Gasteiger partial charge in [0.05, 0.1) is 42.5 Å². The van der Waals surface area contributed by atoms with E-state index in [0.717, 1.165) is 157 Å². The number of nitrogens with one attached hydrogen (secondary N) is 2. The van der Waals surface area contributed by atoms with Crippen LogP contribution in [0.1, 0.15) is 168 Å². The minimum absolute atomic E-state index is 0.00349. The third kappa shape index (κ3) is 20.2. The molecule has 12 aliphatic rings. The molecule has 19 rings (SSSR count). The van der Waals surface area contributed by atoms with Crippen LogP contribution < -0.4 is 27.1 Å². The van der Waals surface area contributed by atoms with Crippen LogP contribution in [-0.4, -0.2) is 121 Å². The van der Waals surface area contributed by atoms with Gasteiger partial charge in [0, 0.05) is 81.4 Å². The number of nitrogens with zero attached hydrogens (tertiary/aromatic N) is 12. The fourth-order valence-electron chi connectivity index (χ4n) is 18.7. The second kappa shape index (κ2) is 38.7. The molecular weight excluding hydrogens is 1440 g/mol. The van der Waals surface area contributed by atoms with Gasteiger partial charge in [0.25, 0.3) is 0 Å². The van der Waals surface area contributed by atoms with E-state index in [-0.39, 0.29) is 76.4 Å². The van der Waals surface area contributed by atoms with E-state index in [1.165, 1.54) is 61.3 Å². The summed E-state index contributed by atoms with van der Waals surface area (Å²) in [7, 11) is 0. The standard InChI is InChI=1S/C21H23FN6O.C18H22N2O.C17H21N3O.C9H10N2.C9H14O2.C9H8O.C4H3ClFN3/c22-17-10-24-21(26-19(17)23)27-11-15-8-14(9-16(15)12-27)20(29)28-18(6-7-25-28)13-4-2-1-3-5-13;21-18(16-11-14-7-4-8-15(14)12-16)20-17(9-10-19-20)13-5-2-1-3-6-13;21-17(13-8-14-10-18-11-15(14)9-13)20-16(6-7-19-20)12-4-2-1-3-5-12;1-2-4-8(5-3-1)9-6-7-10-11-9;10-9(11)8-4-6-2-1-3-7(6)5-8;10-8-4-7-9-5-2-1-3-6-9;5-4-8-1-2(6)3(7)9-4/h1-5,7,10,14-16,18H,6,8-9,11-12H2,(H2,23,24,26);1-3,5-6,10,14-17H,4,7-9,11-12H2;1-5,7,13-16,18H,6,8-11H2;1-5,7,9,11H,6H2;6-8H,1-5H2,(H,10,11);1-8H;1H,(H2,7,8,9)/b;;;;;7-4+;. The second-order valence-electron chi connectivity index (χ2n) is 31.3. The number of aromatic nitrogens is 4. The molecule has 7 N–H and O–H groups in total. The first-order chi connectivity index (χ1) is 54.6. The number of carbonyl (C=O) groups is 5. The molecule has 8 fully saturated rings. The molecule has 2 saturated heterocycles. The zero-order valence-corrected chi connectivity index (χ0v) is 63.8. The van der Waals surface area contributed by atoms with Gasteiger partial charge in [-0.3, -0.25) is 24.0 Å². The van der Waals surface area contributed by atoms with E-state index in [0.29, 0.717) is 35.7 Å². The molecule has 12 unspecified atom stereocenters.